The second-order valence-electron chi connectivity index (χ2n) is 5.62. The molecule has 0 radical (unpaired) electrons. The van der Waals surface area contributed by atoms with Crippen LogP contribution in [0.25, 0.3) is 0 Å². The molecule has 0 saturated carbocycles. The molecule has 1 N–H and O–H groups in total. The molecule has 2 fully saturated rings. The minimum absolute atomic E-state index is 0.107. The molecule has 0 aliphatic carbocycles. The summed E-state index contributed by atoms with van der Waals surface area (Å²) in [6.07, 6.45) is 4.40. The first-order valence-corrected chi connectivity index (χ1v) is 6.69. The fourth-order valence-electron chi connectivity index (χ4n) is 3.71. The fourth-order valence-corrected chi connectivity index (χ4v) is 3.71. The highest BCUT2D eigenvalue weighted by atomic mass is 16.3. The zero-order valence-electron chi connectivity index (χ0n) is 10.4. The van der Waals surface area contributed by atoms with Gasteiger partial charge in [-0.1, -0.05) is 30.3 Å². The molecular weight excluding hydrogens is 210 g/mol. The monoisotopic (exact) mass is 231 g/mol. The Bertz CT molecular complexity index is 378. The number of aliphatic hydroxyl groups excluding tert-OH is 1. The summed E-state index contributed by atoms with van der Waals surface area (Å²) in [5, 5.41) is 10.3. The van der Waals surface area contributed by atoms with Gasteiger partial charge in [-0.05, 0) is 38.3 Å². The zero-order chi connectivity index (χ0) is 11.8. The second kappa shape index (κ2) is 4.43. The zero-order valence-corrected chi connectivity index (χ0v) is 10.4. The number of nitrogens with zero attached hydrogens (tertiary/aromatic N) is 1. The molecule has 0 spiro atoms. The lowest BCUT2D eigenvalue weighted by atomic mass is 9.83. The first-order valence-electron chi connectivity index (χ1n) is 6.69. The van der Waals surface area contributed by atoms with Crippen molar-refractivity contribution in [2.24, 2.45) is 5.92 Å². The van der Waals surface area contributed by atoms with Crippen LogP contribution >= 0.6 is 0 Å². The fraction of sp³-hybridized carbons (Fsp3) is 0.600. The van der Waals surface area contributed by atoms with Gasteiger partial charge >= 0.3 is 0 Å². The average Bonchev–Trinajstić information content (AvgIpc) is 2.59. The maximum atomic E-state index is 10.3. The predicted molar refractivity (Wildman–Crippen MR) is 68.8 cm³/mol. The quantitative estimate of drug-likeness (QED) is 0.842. The van der Waals surface area contributed by atoms with E-state index in [0.29, 0.717) is 18.0 Å². The van der Waals surface area contributed by atoms with Crippen LogP contribution in [0.5, 0.6) is 0 Å². The van der Waals surface area contributed by atoms with Crippen LogP contribution in [0.2, 0.25) is 0 Å². The summed E-state index contributed by atoms with van der Waals surface area (Å²) in [6, 6.07) is 11.8. The summed E-state index contributed by atoms with van der Waals surface area (Å²) in [5.41, 5.74) is 1.36. The molecule has 2 heterocycles. The third-order valence-corrected chi connectivity index (χ3v) is 4.71. The van der Waals surface area contributed by atoms with E-state index in [9.17, 15) is 5.11 Å². The minimum Gasteiger partial charge on any atom is -0.393 e. The lowest BCUT2D eigenvalue weighted by Crippen LogP contribution is -2.49. The Hall–Kier alpha value is -0.860. The molecule has 2 nitrogen and oxygen atoms in total. The number of fused-ring (bicyclic) bond motifs is 2. The molecule has 17 heavy (non-hydrogen) atoms. The van der Waals surface area contributed by atoms with Crippen LogP contribution < -0.4 is 0 Å². The number of hydrogen-bond donors (Lipinski definition) is 1. The highest BCUT2D eigenvalue weighted by molar-refractivity contribution is 5.17. The van der Waals surface area contributed by atoms with Gasteiger partial charge in [-0.2, -0.15) is 0 Å². The van der Waals surface area contributed by atoms with Gasteiger partial charge in [0, 0.05) is 18.0 Å². The van der Waals surface area contributed by atoms with Gasteiger partial charge in [0.15, 0.2) is 0 Å². The van der Waals surface area contributed by atoms with Gasteiger partial charge < -0.3 is 5.11 Å². The molecule has 4 atom stereocenters. The third kappa shape index (κ3) is 2.00. The molecule has 2 aliphatic rings. The number of rotatable bonds is 2. The van der Waals surface area contributed by atoms with Gasteiger partial charge in [-0.3, -0.25) is 4.90 Å². The van der Waals surface area contributed by atoms with Crippen LogP contribution in [0.15, 0.2) is 30.3 Å². The van der Waals surface area contributed by atoms with Crippen molar-refractivity contribution in [3.05, 3.63) is 35.9 Å². The van der Waals surface area contributed by atoms with Gasteiger partial charge in [0.1, 0.15) is 0 Å². The second-order valence-corrected chi connectivity index (χ2v) is 5.62. The first kappa shape index (κ1) is 11.2. The van der Waals surface area contributed by atoms with Gasteiger partial charge in [-0.25, -0.2) is 0 Å². The first-order chi connectivity index (χ1) is 8.25. The molecule has 4 unspecified atom stereocenters. The predicted octanol–water partition coefficient (Wildman–Crippen LogP) is 2.07. The Morgan fingerprint density at radius 3 is 2.76 bits per heavy atom. The highest BCUT2D eigenvalue weighted by Crippen LogP contribution is 2.39. The summed E-state index contributed by atoms with van der Waals surface area (Å²) in [6.45, 7) is 0. The standard InChI is InChI=1S/C15H21NO/c1-16-12-7-8-14(16)13(15(17)10-12)9-11-5-3-2-4-6-11/h2-6,12-15,17H,7-10H2,1H3. The Morgan fingerprint density at radius 1 is 1.24 bits per heavy atom. The molecule has 0 amide bonds. The van der Waals surface area contributed by atoms with Gasteiger partial charge in [0.25, 0.3) is 0 Å². The highest BCUT2D eigenvalue weighted by Gasteiger charge is 2.44. The van der Waals surface area contributed by atoms with Crippen molar-refractivity contribution in [1.29, 1.82) is 0 Å². The Balaban J connectivity index is 1.77. The summed E-state index contributed by atoms with van der Waals surface area (Å²) in [4.78, 5) is 2.50. The molecule has 0 aromatic heterocycles. The van der Waals surface area contributed by atoms with Gasteiger partial charge in [-0.15, -0.1) is 0 Å². The van der Waals surface area contributed by atoms with Crippen LogP contribution in [0.1, 0.15) is 24.8 Å². The molecule has 2 saturated heterocycles. The van der Waals surface area contributed by atoms with Crippen molar-refractivity contribution in [3.8, 4) is 0 Å². The lowest BCUT2D eigenvalue weighted by molar-refractivity contribution is -0.00647. The molecule has 1 aromatic carbocycles. The largest absolute Gasteiger partial charge is 0.393 e. The van der Waals surface area contributed by atoms with Crippen LogP contribution in [-0.2, 0) is 6.42 Å². The van der Waals surface area contributed by atoms with E-state index in [2.05, 4.69) is 42.3 Å². The third-order valence-electron chi connectivity index (χ3n) is 4.71. The van der Waals surface area contributed by atoms with Crippen LogP contribution in [0, 0.1) is 5.92 Å². The molecule has 2 aliphatic heterocycles. The van der Waals surface area contributed by atoms with E-state index in [0.717, 1.165) is 12.8 Å². The minimum atomic E-state index is -0.107. The van der Waals surface area contributed by atoms with E-state index in [1.807, 2.05) is 0 Å². The van der Waals surface area contributed by atoms with E-state index in [-0.39, 0.29) is 6.10 Å². The van der Waals surface area contributed by atoms with E-state index in [1.54, 1.807) is 0 Å². The topological polar surface area (TPSA) is 23.5 Å². The molecule has 3 rings (SSSR count). The molecule has 2 heteroatoms. The summed E-state index contributed by atoms with van der Waals surface area (Å²) in [5.74, 6) is 0.418. The summed E-state index contributed by atoms with van der Waals surface area (Å²) < 4.78 is 0. The maximum Gasteiger partial charge on any atom is 0.0601 e. The van der Waals surface area contributed by atoms with E-state index >= 15 is 0 Å². The summed E-state index contributed by atoms with van der Waals surface area (Å²) in [7, 11) is 2.23. The van der Waals surface area contributed by atoms with Gasteiger partial charge in [0.05, 0.1) is 6.10 Å². The van der Waals surface area contributed by atoms with Crippen molar-refractivity contribution in [2.45, 2.75) is 43.9 Å². The lowest BCUT2D eigenvalue weighted by Gasteiger charge is -2.41. The number of aliphatic hydroxyl groups is 1. The van der Waals surface area contributed by atoms with Crippen molar-refractivity contribution in [2.75, 3.05) is 7.05 Å². The molecule has 92 valence electrons. The number of hydrogen-bond acceptors (Lipinski definition) is 2. The molecule has 1 aromatic rings. The molecule has 2 bridgehead atoms. The SMILES string of the molecule is CN1C2CCC1C(Cc1ccccc1)C(O)C2. The van der Waals surface area contributed by atoms with Crippen molar-refractivity contribution < 1.29 is 5.11 Å². The van der Waals surface area contributed by atoms with Crippen LogP contribution in [-0.4, -0.2) is 35.2 Å². The Kier molecular flexibility index (Phi) is 2.93. The average molecular weight is 231 g/mol. The Labute approximate surface area is 103 Å². The van der Waals surface area contributed by atoms with Crippen LogP contribution in [0.4, 0.5) is 0 Å². The normalized spacial score (nSPS) is 37.3. The van der Waals surface area contributed by atoms with E-state index < -0.39 is 0 Å². The van der Waals surface area contributed by atoms with Gasteiger partial charge in [0.2, 0.25) is 0 Å². The maximum absolute atomic E-state index is 10.3. The Morgan fingerprint density at radius 2 is 2.00 bits per heavy atom. The summed E-state index contributed by atoms with van der Waals surface area (Å²) >= 11 is 0. The van der Waals surface area contributed by atoms with Crippen molar-refractivity contribution in [1.82, 2.24) is 4.90 Å². The van der Waals surface area contributed by atoms with Crippen LogP contribution in [0.3, 0.4) is 0 Å². The van der Waals surface area contributed by atoms with Crippen molar-refractivity contribution >= 4 is 0 Å². The van der Waals surface area contributed by atoms with E-state index in [4.69, 9.17) is 0 Å². The smallest absolute Gasteiger partial charge is 0.0601 e. The van der Waals surface area contributed by atoms with Crippen molar-refractivity contribution in [3.63, 3.8) is 0 Å². The molecular formula is C15H21NO. The number of benzene rings is 1. The number of piperidine rings is 1. The van der Waals surface area contributed by atoms with E-state index in [1.165, 1.54) is 18.4 Å².